The van der Waals surface area contributed by atoms with Gasteiger partial charge in [-0.05, 0) is 78.9 Å². The Labute approximate surface area is 298 Å². The number of ether oxygens (including phenoxy) is 2. The highest BCUT2D eigenvalue weighted by Crippen LogP contribution is 2.27. The van der Waals surface area contributed by atoms with Crippen LogP contribution in [0.15, 0.2) is 86.0 Å². The van der Waals surface area contributed by atoms with E-state index >= 15 is 8.78 Å². The summed E-state index contributed by atoms with van der Waals surface area (Å²) >= 11 is 0. The summed E-state index contributed by atoms with van der Waals surface area (Å²) in [5.41, 5.74) is -0.519. The number of aromatic nitrogens is 8. The molecular formula is C35H28F2N10O6. The SMILES string of the molecule is COC(=O)c1cc(F)c(CCCc2cc(NC(=O)c3ccc(-n4ccnc4)nn3)c(C(=O)OC)cc2F)cc1NC(=O)c1ccc(-n2ccnc2)nn1. The molecule has 2 N–H and O–H groups in total. The van der Waals surface area contributed by atoms with E-state index < -0.39 is 35.4 Å². The number of carbonyl (C=O) groups excluding carboxylic acids is 4. The molecule has 0 fully saturated rings. The van der Waals surface area contributed by atoms with E-state index in [0.717, 1.165) is 26.4 Å². The number of hydrogen-bond acceptors (Lipinski definition) is 12. The van der Waals surface area contributed by atoms with Crippen LogP contribution < -0.4 is 10.6 Å². The van der Waals surface area contributed by atoms with Crippen molar-refractivity contribution in [3.8, 4) is 11.6 Å². The van der Waals surface area contributed by atoms with Gasteiger partial charge in [0, 0.05) is 24.8 Å². The summed E-state index contributed by atoms with van der Waals surface area (Å²) in [5.74, 6) is -3.93. The van der Waals surface area contributed by atoms with E-state index in [1.807, 2.05) is 0 Å². The summed E-state index contributed by atoms with van der Waals surface area (Å²) in [6, 6.07) is 10.4. The maximum Gasteiger partial charge on any atom is 0.340 e. The molecule has 0 unspecified atom stereocenters. The number of imidazole rings is 2. The fraction of sp³-hybridized carbons (Fsp3) is 0.143. The Morgan fingerprint density at radius 1 is 0.642 bits per heavy atom. The average molecular weight is 723 g/mol. The van der Waals surface area contributed by atoms with Gasteiger partial charge >= 0.3 is 11.9 Å². The van der Waals surface area contributed by atoms with Gasteiger partial charge in [0.2, 0.25) is 0 Å². The first kappa shape index (κ1) is 35.6. The highest BCUT2D eigenvalue weighted by Gasteiger charge is 2.22. The van der Waals surface area contributed by atoms with Crippen LogP contribution >= 0.6 is 0 Å². The Bertz CT molecular complexity index is 2120. The van der Waals surface area contributed by atoms with E-state index in [0.29, 0.717) is 11.6 Å². The fourth-order valence-corrected chi connectivity index (χ4v) is 5.18. The fourth-order valence-electron chi connectivity index (χ4n) is 5.18. The molecule has 4 aromatic heterocycles. The Hall–Kier alpha value is -7.24. The Morgan fingerprint density at radius 2 is 1.08 bits per heavy atom. The number of amides is 2. The minimum atomic E-state index is -0.894. The molecule has 6 aromatic rings. The number of nitrogens with zero attached hydrogens (tertiary/aromatic N) is 8. The van der Waals surface area contributed by atoms with Gasteiger partial charge in [-0.2, -0.15) is 0 Å². The van der Waals surface area contributed by atoms with Gasteiger partial charge in [-0.3, -0.25) is 18.7 Å². The van der Waals surface area contributed by atoms with E-state index in [1.165, 1.54) is 36.9 Å². The second-order valence-corrected chi connectivity index (χ2v) is 11.2. The van der Waals surface area contributed by atoms with E-state index in [4.69, 9.17) is 9.47 Å². The number of halogens is 2. The zero-order valence-corrected chi connectivity index (χ0v) is 28.0. The lowest BCUT2D eigenvalue weighted by Gasteiger charge is -2.14. The second kappa shape index (κ2) is 15.8. The normalized spacial score (nSPS) is 10.8. The Morgan fingerprint density at radius 3 is 1.42 bits per heavy atom. The Kier molecular flexibility index (Phi) is 10.6. The van der Waals surface area contributed by atoms with Crippen LogP contribution in [0.2, 0.25) is 0 Å². The van der Waals surface area contributed by atoms with Crippen LogP contribution in [0.1, 0.15) is 59.2 Å². The minimum Gasteiger partial charge on any atom is -0.465 e. The van der Waals surface area contributed by atoms with E-state index in [-0.39, 0.29) is 64.3 Å². The minimum absolute atomic E-state index is 0.0360. The van der Waals surface area contributed by atoms with Crippen molar-refractivity contribution in [2.45, 2.75) is 19.3 Å². The highest BCUT2D eigenvalue weighted by atomic mass is 19.1. The number of methoxy groups -OCH3 is 2. The smallest absolute Gasteiger partial charge is 0.340 e. The van der Waals surface area contributed by atoms with Crippen molar-refractivity contribution in [2.75, 3.05) is 24.9 Å². The third-order valence-electron chi connectivity index (χ3n) is 7.88. The number of carbonyl (C=O) groups is 4. The standard InChI is InChI=1S/C35H28F2N10O6/c1-52-34(50)22-16-24(36)20(14-28(22)40-32(48)26-6-8-30(44-42-26)46-12-10-38-18-46)4-3-5-21-15-29(23(17-25(21)37)35(51)53-2)41-33(49)27-7-9-31(45-43-27)47-13-11-39-19-47/h6-19H,3-5H2,1-2H3,(H,40,48)(H,41,49). The topological polar surface area (TPSA) is 198 Å². The lowest BCUT2D eigenvalue weighted by Crippen LogP contribution is -2.18. The van der Waals surface area contributed by atoms with Gasteiger partial charge in [0.1, 0.15) is 24.3 Å². The summed E-state index contributed by atoms with van der Waals surface area (Å²) in [4.78, 5) is 59.0. The van der Waals surface area contributed by atoms with Crippen LogP contribution in [0.5, 0.6) is 0 Å². The molecule has 0 saturated heterocycles. The molecule has 0 aliphatic carbocycles. The quantitative estimate of drug-likeness (QED) is 0.171. The second-order valence-electron chi connectivity index (χ2n) is 11.2. The van der Waals surface area contributed by atoms with Crippen LogP contribution in [-0.4, -0.2) is 77.5 Å². The van der Waals surface area contributed by atoms with Gasteiger partial charge in [-0.15, -0.1) is 20.4 Å². The third kappa shape index (κ3) is 8.06. The van der Waals surface area contributed by atoms with Gasteiger partial charge in [0.25, 0.3) is 11.8 Å². The Balaban J connectivity index is 1.18. The molecular weight excluding hydrogens is 694 g/mol. The molecule has 0 aliphatic rings. The van der Waals surface area contributed by atoms with Crippen molar-refractivity contribution in [1.29, 1.82) is 0 Å². The molecule has 18 heteroatoms. The maximum atomic E-state index is 15.3. The van der Waals surface area contributed by atoms with Gasteiger partial charge in [-0.25, -0.2) is 28.3 Å². The first-order valence-electron chi connectivity index (χ1n) is 15.7. The van der Waals surface area contributed by atoms with E-state index in [1.54, 1.807) is 46.1 Å². The lowest BCUT2D eigenvalue weighted by molar-refractivity contribution is 0.0592. The van der Waals surface area contributed by atoms with Crippen molar-refractivity contribution in [3.63, 3.8) is 0 Å². The van der Waals surface area contributed by atoms with Crippen molar-refractivity contribution >= 4 is 35.1 Å². The van der Waals surface area contributed by atoms with Crippen LogP contribution in [0.3, 0.4) is 0 Å². The molecule has 2 aromatic carbocycles. The molecule has 0 saturated carbocycles. The molecule has 268 valence electrons. The maximum absolute atomic E-state index is 15.3. The predicted octanol–water partition coefficient (Wildman–Crippen LogP) is 4.17. The molecule has 0 aliphatic heterocycles. The van der Waals surface area contributed by atoms with Crippen LogP contribution in [0, 0.1) is 11.6 Å². The van der Waals surface area contributed by atoms with E-state index in [2.05, 4.69) is 41.0 Å². The number of hydrogen-bond donors (Lipinski definition) is 2. The van der Waals surface area contributed by atoms with Crippen LogP contribution in [0.25, 0.3) is 11.6 Å². The molecule has 6 rings (SSSR count). The third-order valence-corrected chi connectivity index (χ3v) is 7.88. The molecule has 2 amide bonds. The van der Waals surface area contributed by atoms with E-state index in [9.17, 15) is 19.2 Å². The number of esters is 2. The molecule has 16 nitrogen and oxygen atoms in total. The summed E-state index contributed by atoms with van der Waals surface area (Å²) in [6.07, 6.45) is 9.67. The number of nitrogens with one attached hydrogen (secondary N) is 2. The van der Waals surface area contributed by atoms with Gasteiger partial charge in [0.15, 0.2) is 23.0 Å². The molecule has 4 heterocycles. The molecule has 0 radical (unpaired) electrons. The summed E-state index contributed by atoms with van der Waals surface area (Å²) in [6.45, 7) is 0. The summed E-state index contributed by atoms with van der Waals surface area (Å²) < 4.78 is 43.3. The van der Waals surface area contributed by atoms with Crippen molar-refractivity contribution < 1.29 is 37.4 Å². The summed E-state index contributed by atoms with van der Waals surface area (Å²) in [7, 11) is 2.23. The monoisotopic (exact) mass is 722 g/mol. The molecule has 0 spiro atoms. The predicted molar refractivity (Wildman–Crippen MR) is 182 cm³/mol. The molecule has 0 atom stereocenters. The number of anilines is 2. The average Bonchev–Trinajstić information content (AvgIpc) is 3.92. The number of rotatable bonds is 12. The first-order chi connectivity index (χ1) is 25.6. The highest BCUT2D eigenvalue weighted by molar-refractivity contribution is 6.08. The van der Waals surface area contributed by atoms with Gasteiger partial charge < -0.3 is 20.1 Å². The van der Waals surface area contributed by atoms with Gasteiger partial charge in [0.05, 0.1) is 36.7 Å². The van der Waals surface area contributed by atoms with Crippen molar-refractivity contribution in [2.24, 2.45) is 0 Å². The first-order valence-corrected chi connectivity index (χ1v) is 15.7. The van der Waals surface area contributed by atoms with Crippen LogP contribution in [-0.2, 0) is 22.3 Å². The number of aryl methyl sites for hydroxylation is 2. The largest absolute Gasteiger partial charge is 0.465 e. The zero-order chi connectivity index (χ0) is 37.5. The number of benzene rings is 2. The van der Waals surface area contributed by atoms with Gasteiger partial charge in [-0.1, -0.05) is 0 Å². The lowest BCUT2D eigenvalue weighted by atomic mass is 9.99. The molecule has 0 bridgehead atoms. The summed E-state index contributed by atoms with van der Waals surface area (Å²) in [5, 5.41) is 21.0. The zero-order valence-electron chi connectivity index (χ0n) is 28.0. The van der Waals surface area contributed by atoms with Crippen molar-refractivity contribution in [3.05, 3.63) is 131 Å². The van der Waals surface area contributed by atoms with Crippen molar-refractivity contribution in [1.82, 2.24) is 39.5 Å². The molecule has 53 heavy (non-hydrogen) atoms. The van der Waals surface area contributed by atoms with Crippen LogP contribution in [0.4, 0.5) is 20.2 Å².